The summed E-state index contributed by atoms with van der Waals surface area (Å²) >= 11 is 12.0. The van der Waals surface area contributed by atoms with Gasteiger partial charge in [-0.1, -0.05) is 23.2 Å². The van der Waals surface area contributed by atoms with E-state index in [9.17, 15) is 4.79 Å². The molecule has 1 heterocycles. The van der Waals surface area contributed by atoms with E-state index in [-0.39, 0.29) is 12.5 Å². The van der Waals surface area contributed by atoms with Gasteiger partial charge in [-0.05, 0) is 24.6 Å². The number of amides is 1. The van der Waals surface area contributed by atoms with E-state index < -0.39 is 0 Å². The highest BCUT2D eigenvalue weighted by Gasteiger charge is 2.09. The summed E-state index contributed by atoms with van der Waals surface area (Å²) in [5.41, 5.74) is 7.34. The Kier molecular flexibility index (Phi) is 3.97. The molecule has 0 unspecified atom stereocenters. The lowest BCUT2D eigenvalue weighted by molar-refractivity contribution is -0.116. The molecule has 2 aromatic rings. The van der Waals surface area contributed by atoms with Crippen molar-refractivity contribution in [2.24, 2.45) is 0 Å². The van der Waals surface area contributed by atoms with Gasteiger partial charge >= 0.3 is 0 Å². The second-order valence-corrected chi connectivity index (χ2v) is 4.92. The third-order valence-corrected chi connectivity index (χ3v) is 3.20. The number of nitrogen functional groups attached to an aromatic ring is 1. The Hall–Kier alpha value is -1.72. The van der Waals surface area contributed by atoms with Gasteiger partial charge in [0.15, 0.2) is 0 Å². The highest BCUT2D eigenvalue weighted by atomic mass is 35.5. The highest BCUT2D eigenvalue weighted by Crippen LogP contribution is 2.28. The smallest absolute Gasteiger partial charge is 0.246 e. The van der Waals surface area contributed by atoms with E-state index >= 15 is 0 Å². The van der Waals surface area contributed by atoms with Crippen LogP contribution in [0.5, 0.6) is 0 Å². The van der Waals surface area contributed by atoms with E-state index in [2.05, 4.69) is 10.4 Å². The maximum atomic E-state index is 11.8. The molecule has 1 amide bonds. The number of hydrogen-bond acceptors (Lipinski definition) is 3. The fourth-order valence-corrected chi connectivity index (χ4v) is 1.97. The van der Waals surface area contributed by atoms with Crippen molar-refractivity contribution in [3.8, 4) is 0 Å². The van der Waals surface area contributed by atoms with Crippen LogP contribution in [0.2, 0.25) is 10.0 Å². The van der Waals surface area contributed by atoms with Gasteiger partial charge in [-0.25, -0.2) is 0 Å². The Morgan fingerprint density at radius 1 is 1.42 bits per heavy atom. The molecule has 100 valence electrons. The van der Waals surface area contributed by atoms with Crippen molar-refractivity contribution in [1.82, 2.24) is 9.78 Å². The Bertz CT molecular complexity index is 624. The molecular formula is C12H12Cl2N4O. The number of nitrogens with one attached hydrogen (secondary N) is 1. The van der Waals surface area contributed by atoms with Crippen LogP contribution >= 0.6 is 23.2 Å². The zero-order chi connectivity index (χ0) is 14.0. The summed E-state index contributed by atoms with van der Waals surface area (Å²) in [6.07, 6.45) is 3.05. The van der Waals surface area contributed by atoms with Gasteiger partial charge < -0.3 is 11.1 Å². The van der Waals surface area contributed by atoms with Crippen LogP contribution in [0.3, 0.4) is 0 Å². The molecule has 2 rings (SSSR count). The number of halogens is 2. The molecule has 5 nitrogen and oxygen atoms in total. The number of aryl methyl sites for hydroxylation is 1. The Labute approximate surface area is 120 Å². The van der Waals surface area contributed by atoms with E-state index in [0.717, 1.165) is 5.56 Å². The molecule has 0 saturated carbocycles. The highest BCUT2D eigenvalue weighted by molar-refractivity contribution is 6.36. The van der Waals surface area contributed by atoms with Crippen molar-refractivity contribution in [2.45, 2.75) is 13.5 Å². The molecule has 0 aliphatic rings. The van der Waals surface area contributed by atoms with Gasteiger partial charge in [0.05, 0.1) is 22.6 Å². The number of carbonyl (C=O) groups is 1. The van der Waals surface area contributed by atoms with Crippen molar-refractivity contribution < 1.29 is 4.79 Å². The van der Waals surface area contributed by atoms with Gasteiger partial charge in [-0.15, -0.1) is 0 Å². The van der Waals surface area contributed by atoms with Crippen molar-refractivity contribution >= 4 is 40.5 Å². The summed E-state index contributed by atoms with van der Waals surface area (Å²) < 4.78 is 1.44. The van der Waals surface area contributed by atoms with Crippen LogP contribution in [-0.2, 0) is 11.3 Å². The van der Waals surface area contributed by atoms with Gasteiger partial charge in [-0.3, -0.25) is 9.48 Å². The Morgan fingerprint density at radius 3 is 2.79 bits per heavy atom. The lowest BCUT2D eigenvalue weighted by Crippen LogP contribution is -2.19. The first-order valence-corrected chi connectivity index (χ1v) is 6.24. The topological polar surface area (TPSA) is 72.9 Å². The molecule has 0 saturated heterocycles. The monoisotopic (exact) mass is 298 g/mol. The first-order valence-electron chi connectivity index (χ1n) is 5.49. The molecule has 1 aromatic heterocycles. The van der Waals surface area contributed by atoms with Crippen molar-refractivity contribution in [3.05, 3.63) is 40.1 Å². The van der Waals surface area contributed by atoms with Gasteiger partial charge in [0.2, 0.25) is 5.91 Å². The zero-order valence-electron chi connectivity index (χ0n) is 10.2. The summed E-state index contributed by atoms with van der Waals surface area (Å²) in [4.78, 5) is 11.8. The number of nitrogens with zero attached hydrogens (tertiary/aromatic N) is 2. The standard InChI is InChI=1S/C12H12Cl2N4O/c1-7-2-10(14)11(3-9(7)13)17-12(19)6-18-5-8(15)4-16-18/h2-5H,6,15H2,1H3,(H,17,19). The molecular weight excluding hydrogens is 287 g/mol. The van der Waals surface area contributed by atoms with Gasteiger partial charge in [0.25, 0.3) is 0 Å². The number of carbonyl (C=O) groups excluding carboxylic acids is 1. The second-order valence-electron chi connectivity index (χ2n) is 4.10. The lowest BCUT2D eigenvalue weighted by atomic mass is 10.2. The molecule has 3 N–H and O–H groups in total. The molecule has 0 radical (unpaired) electrons. The van der Waals surface area contributed by atoms with Gasteiger partial charge in [0, 0.05) is 11.2 Å². The zero-order valence-corrected chi connectivity index (χ0v) is 11.7. The maximum absolute atomic E-state index is 11.8. The fraction of sp³-hybridized carbons (Fsp3) is 0.167. The van der Waals surface area contributed by atoms with Crippen LogP contribution in [0.4, 0.5) is 11.4 Å². The first kappa shape index (κ1) is 13.7. The maximum Gasteiger partial charge on any atom is 0.246 e. The molecule has 0 spiro atoms. The predicted molar refractivity (Wildman–Crippen MR) is 76.5 cm³/mol. The SMILES string of the molecule is Cc1cc(Cl)c(NC(=O)Cn2cc(N)cn2)cc1Cl. The molecule has 19 heavy (non-hydrogen) atoms. The largest absolute Gasteiger partial charge is 0.396 e. The van der Waals surface area contributed by atoms with E-state index in [0.29, 0.717) is 21.4 Å². The van der Waals surface area contributed by atoms with Crippen LogP contribution in [0.15, 0.2) is 24.5 Å². The summed E-state index contributed by atoms with van der Waals surface area (Å²) in [5.74, 6) is -0.259. The summed E-state index contributed by atoms with van der Waals surface area (Å²) in [6, 6.07) is 3.32. The summed E-state index contributed by atoms with van der Waals surface area (Å²) in [5, 5.41) is 7.59. The molecule has 0 atom stereocenters. The second kappa shape index (κ2) is 5.50. The molecule has 0 aliphatic carbocycles. The predicted octanol–water partition coefficient (Wildman–Crippen LogP) is 2.72. The minimum atomic E-state index is -0.259. The summed E-state index contributed by atoms with van der Waals surface area (Å²) in [7, 11) is 0. The van der Waals surface area contributed by atoms with E-state index in [1.807, 2.05) is 6.92 Å². The average molecular weight is 299 g/mol. The van der Waals surface area contributed by atoms with Crippen LogP contribution in [0.1, 0.15) is 5.56 Å². The number of hydrogen-bond donors (Lipinski definition) is 2. The molecule has 0 aliphatic heterocycles. The molecule has 7 heteroatoms. The van der Waals surface area contributed by atoms with Crippen LogP contribution in [0, 0.1) is 6.92 Å². The Morgan fingerprint density at radius 2 is 2.16 bits per heavy atom. The normalized spacial score (nSPS) is 10.5. The minimum absolute atomic E-state index is 0.0546. The Balaban J connectivity index is 2.09. The molecule has 0 bridgehead atoms. The van der Waals surface area contributed by atoms with Crippen molar-refractivity contribution in [2.75, 3.05) is 11.1 Å². The van der Waals surface area contributed by atoms with Gasteiger partial charge in [-0.2, -0.15) is 5.10 Å². The number of benzene rings is 1. The lowest BCUT2D eigenvalue weighted by Gasteiger charge is -2.09. The van der Waals surface area contributed by atoms with E-state index in [1.165, 1.54) is 10.9 Å². The number of rotatable bonds is 3. The fourth-order valence-electron chi connectivity index (χ4n) is 1.54. The minimum Gasteiger partial charge on any atom is -0.396 e. The third-order valence-electron chi connectivity index (χ3n) is 2.48. The average Bonchev–Trinajstić information content (AvgIpc) is 2.71. The van der Waals surface area contributed by atoms with Gasteiger partial charge in [0.1, 0.15) is 6.54 Å². The number of nitrogens with two attached hydrogens (primary N) is 1. The quantitative estimate of drug-likeness (QED) is 0.915. The van der Waals surface area contributed by atoms with Crippen LogP contribution in [0.25, 0.3) is 0 Å². The first-order chi connectivity index (χ1) is 8.95. The molecule has 1 aromatic carbocycles. The van der Waals surface area contributed by atoms with Crippen LogP contribution < -0.4 is 11.1 Å². The van der Waals surface area contributed by atoms with E-state index in [4.69, 9.17) is 28.9 Å². The number of aromatic nitrogens is 2. The molecule has 0 fully saturated rings. The van der Waals surface area contributed by atoms with Crippen molar-refractivity contribution in [1.29, 1.82) is 0 Å². The van der Waals surface area contributed by atoms with E-state index in [1.54, 1.807) is 18.3 Å². The summed E-state index contributed by atoms with van der Waals surface area (Å²) in [6.45, 7) is 1.89. The third kappa shape index (κ3) is 3.39. The number of anilines is 2. The van der Waals surface area contributed by atoms with Crippen LogP contribution in [-0.4, -0.2) is 15.7 Å². The van der Waals surface area contributed by atoms with Crippen molar-refractivity contribution in [3.63, 3.8) is 0 Å².